The predicted molar refractivity (Wildman–Crippen MR) is 64.6 cm³/mol. The van der Waals surface area contributed by atoms with Crippen molar-refractivity contribution in [3.63, 3.8) is 0 Å². The van der Waals surface area contributed by atoms with E-state index in [1.807, 2.05) is 4.90 Å². The summed E-state index contributed by atoms with van der Waals surface area (Å²) in [6, 6.07) is -0.148. The van der Waals surface area contributed by atoms with Crippen LogP contribution in [0.4, 0.5) is 0 Å². The Balaban J connectivity index is 0.00000128. The quantitative estimate of drug-likeness (QED) is 0.706. The number of hydrogen-bond acceptors (Lipinski definition) is 3. The number of halogens is 1. The molecule has 4 nitrogen and oxygen atoms in total. The number of rotatable bonds is 1. The van der Waals surface area contributed by atoms with Gasteiger partial charge in [-0.15, -0.1) is 12.4 Å². The van der Waals surface area contributed by atoms with Gasteiger partial charge in [-0.25, -0.2) is 0 Å². The first-order valence-corrected chi connectivity index (χ1v) is 5.87. The topological polar surface area (TPSA) is 52.6 Å². The molecular formula is C11H21ClN2O2. The van der Waals surface area contributed by atoms with Gasteiger partial charge in [0.25, 0.3) is 0 Å². The Bertz CT molecular complexity index is 250. The zero-order valence-corrected chi connectivity index (χ0v) is 10.5. The highest BCUT2D eigenvalue weighted by Crippen LogP contribution is 2.18. The molecule has 2 N–H and O–H groups in total. The van der Waals surface area contributed by atoms with Crippen molar-refractivity contribution in [2.75, 3.05) is 19.6 Å². The number of piperidine rings is 1. The summed E-state index contributed by atoms with van der Waals surface area (Å²) in [5.74, 6) is 0.798. The largest absolute Gasteiger partial charge is 0.392 e. The standard InChI is InChI=1S/C11H20N2O2.ClH/c1-8-3-2-4-13(7-8)11(15)10-5-9(14)6-12-10;/h8-10,12,14H,2-7H2,1H3;1H. The fraction of sp³-hybridized carbons (Fsp3) is 0.909. The van der Waals surface area contributed by atoms with Crippen LogP contribution in [-0.2, 0) is 4.79 Å². The van der Waals surface area contributed by atoms with Gasteiger partial charge in [0.15, 0.2) is 0 Å². The molecule has 3 unspecified atom stereocenters. The molecule has 2 aliphatic heterocycles. The van der Waals surface area contributed by atoms with Crippen LogP contribution in [0.15, 0.2) is 0 Å². The first-order chi connectivity index (χ1) is 7.16. The summed E-state index contributed by atoms with van der Waals surface area (Å²) in [4.78, 5) is 14.0. The highest BCUT2D eigenvalue weighted by Gasteiger charge is 2.32. The lowest BCUT2D eigenvalue weighted by Gasteiger charge is -2.32. The van der Waals surface area contributed by atoms with Crippen molar-refractivity contribution >= 4 is 18.3 Å². The lowest BCUT2D eigenvalue weighted by Crippen LogP contribution is -2.47. The van der Waals surface area contributed by atoms with Gasteiger partial charge in [0.1, 0.15) is 0 Å². The third-order valence-corrected chi connectivity index (χ3v) is 3.37. The van der Waals surface area contributed by atoms with E-state index in [9.17, 15) is 9.90 Å². The number of carbonyl (C=O) groups excluding carboxylic acids is 1. The Morgan fingerprint density at radius 2 is 2.25 bits per heavy atom. The molecule has 0 aromatic heterocycles. The number of β-amino-alcohol motifs (C(OH)–C–C–N with tert-alkyl or cyclic N) is 1. The molecule has 2 fully saturated rings. The molecule has 2 aliphatic rings. The maximum Gasteiger partial charge on any atom is 0.239 e. The van der Waals surface area contributed by atoms with Crippen molar-refractivity contribution in [2.24, 2.45) is 5.92 Å². The van der Waals surface area contributed by atoms with E-state index in [-0.39, 0.29) is 30.5 Å². The molecule has 2 saturated heterocycles. The Labute approximate surface area is 103 Å². The summed E-state index contributed by atoms with van der Waals surface area (Å²) in [5.41, 5.74) is 0. The van der Waals surface area contributed by atoms with Crippen LogP contribution in [-0.4, -0.2) is 47.7 Å². The first kappa shape index (κ1) is 13.7. The summed E-state index contributed by atoms with van der Waals surface area (Å²) in [5, 5.41) is 12.4. The highest BCUT2D eigenvalue weighted by atomic mass is 35.5. The van der Waals surface area contributed by atoms with Crippen molar-refractivity contribution in [2.45, 2.75) is 38.3 Å². The average Bonchev–Trinajstić information content (AvgIpc) is 2.64. The van der Waals surface area contributed by atoms with E-state index in [4.69, 9.17) is 0 Å². The van der Waals surface area contributed by atoms with Crippen molar-refractivity contribution < 1.29 is 9.90 Å². The molecule has 0 spiro atoms. The van der Waals surface area contributed by atoms with Crippen LogP contribution in [0, 0.1) is 5.92 Å². The minimum atomic E-state index is -0.346. The maximum absolute atomic E-state index is 12.0. The summed E-state index contributed by atoms with van der Waals surface area (Å²) >= 11 is 0. The molecule has 1 amide bonds. The smallest absolute Gasteiger partial charge is 0.239 e. The molecule has 0 aromatic carbocycles. The number of likely N-dealkylation sites (tertiary alicyclic amines) is 1. The number of amides is 1. The van der Waals surface area contributed by atoms with Gasteiger partial charge >= 0.3 is 0 Å². The van der Waals surface area contributed by atoms with Gasteiger partial charge in [-0.3, -0.25) is 4.79 Å². The monoisotopic (exact) mass is 248 g/mol. The van der Waals surface area contributed by atoms with Gasteiger partial charge in [-0.2, -0.15) is 0 Å². The van der Waals surface area contributed by atoms with Crippen molar-refractivity contribution in [1.82, 2.24) is 10.2 Å². The zero-order chi connectivity index (χ0) is 10.8. The van der Waals surface area contributed by atoms with Crippen LogP contribution in [0.1, 0.15) is 26.2 Å². The minimum absolute atomic E-state index is 0. The Kier molecular flexibility index (Phi) is 5.02. The molecule has 16 heavy (non-hydrogen) atoms. The van der Waals surface area contributed by atoms with Crippen molar-refractivity contribution in [1.29, 1.82) is 0 Å². The third kappa shape index (κ3) is 3.09. The van der Waals surface area contributed by atoms with E-state index in [1.54, 1.807) is 0 Å². The summed E-state index contributed by atoms with van der Waals surface area (Å²) in [6.07, 6.45) is 2.57. The first-order valence-electron chi connectivity index (χ1n) is 5.87. The van der Waals surface area contributed by atoms with Crippen LogP contribution in [0.3, 0.4) is 0 Å². The van der Waals surface area contributed by atoms with Crippen LogP contribution >= 0.6 is 12.4 Å². The molecule has 2 heterocycles. The van der Waals surface area contributed by atoms with Crippen LogP contribution in [0.25, 0.3) is 0 Å². The average molecular weight is 249 g/mol. The molecule has 2 rings (SSSR count). The van der Waals surface area contributed by atoms with Gasteiger partial charge in [0, 0.05) is 19.6 Å². The van der Waals surface area contributed by atoms with E-state index in [0.29, 0.717) is 18.9 Å². The van der Waals surface area contributed by atoms with E-state index < -0.39 is 0 Å². The Morgan fingerprint density at radius 1 is 1.50 bits per heavy atom. The number of aliphatic hydroxyl groups excluding tert-OH is 1. The molecule has 5 heteroatoms. The molecule has 3 atom stereocenters. The van der Waals surface area contributed by atoms with Crippen molar-refractivity contribution in [3.8, 4) is 0 Å². The van der Waals surface area contributed by atoms with E-state index >= 15 is 0 Å². The Hall–Kier alpha value is -0.320. The SMILES string of the molecule is CC1CCCN(C(=O)C2CC(O)CN2)C1.Cl. The van der Waals surface area contributed by atoms with Crippen LogP contribution < -0.4 is 5.32 Å². The summed E-state index contributed by atoms with van der Waals surface area (Å²) in [7, 11) is 0. The molecular weight excluding hydrogens is 228 g/mol. The van der Waals surface area contributed by atoms with E-state index in [0.717, 1.165) is 19.5 Å². The van der Waals surface area contributed by atoms with E-state index in [1.165, 1.54) is 6.42 Å². The lowest BCUT2D eigenvalue weighted by molar-refractivity contribution is -0.134. The minimum Gasteiger partial charge on any atom is -0.392 e. The molecule has 0 saturated carbocycles. The lowest BCUT2D eigenvalue weighted by atomic mass is 9.99. The molecule has 0 radical (unpaired) electrons. The second kappa shape index (κ2) is 5.84. The second-order valence-corrected chi connectivity index (χ2v) is 4.88. The summed E-state index contributed by atoms with van der Waals surface area (Å²) in [6.45, 7) is 4.51. The molecule has 94 valence electrons. The molecule has 0 bridgehead atoms. The Morgan fingerprint density at radius 3 is 2.81 bits per heavy atom. The summed E-state index contributed by atoms with van der Waals surface area (Å²) < 4.78 is 0. The van der Waals surface area contributed by atoms with Crippen molar-refractivity contribution in [3.05, 3.63) is 0 Å². The third-order valence-electron chi connectivity index (χ3n) is 3.37. The van der Waals surface area contributed by atoms with Gasteiger partial charge < -0.3 is 15.3 Å². The van der Waals surface area contributed by atoms with Crippen LogP contribution in [0.2, 0.25) is 0 Å². The van der Waals surface area contributed by atoms with Crippen LogP contribution in [0.5, 0.6) is 0 Å². The number of carbonyl (C=O) groups is 1. The fourth-order valence-corrected chi connectivity index (χ4v) is 2.52. The zero-order valence-electron chi connectivity index (χ0n) is 9.69. The van der Waals surface area contributed by atoms with Gasteiger partial charge in [-0.1, -0.05) is 6.92 Å². The highest BCUT2D eigenvalue weighted by molar-refractivity contribution is 5.85. The molecule has 0 aromatic rings. The normalized spacial score (nSPS) is 34.6. The van der Waals surface area contributed by atoms with Gasteiger partial charge in [0.2, 0.25) is 5.91 Å². The molecule has 0 aliphatic carbocycles. The van der Waals surface area contributed by atoms with E-state index in [2.05, 4.69) is 12.2 Å². The van der Waals surface area contributed by atoms with Gasteiger partial charge in [0.05, 0.1) is 12.1 Å². The van der Waals surface area contributed by atoms with Gasteiger partial charge in [-0.05, 0) is 25.2 Å². The number of aliphatic hydroxyl groups is 1. The number of nitrogens with one attached hydrogen (secondary N) is 1. The predicted octanol–water partition coefficient (Wildman–Crippen LogP) is 0.389. The fourth-order valence-electron chi connectivity index (χ4n) is 2.52. The number of nitrogens with zero attached hydrogens (tertiary/aromatic N) is 1. The second-order valence-electron chi connectivity index (χ2n) is 4.88. The number of hydrogen-bond donors (Lipinski definition) is 2. The maximum atomic E-state index is 12.0.